The van der Waals surface area contributed by atoms with Gasteiger partial charge >= 0.3 is 0 Å². The van der Waals surface area contributed by atoms with Crippen LogP contribution in [0.3, 0.4) is 0 Å². The SMILES string of the molecule is C#CCC(N)C(=O)Nc1c(Cl)ccc2scnc12. The molecule has 2 aromatic rings. The van der Waals surface area contributed by atoms with Gasteiger partial charge < -0.3 is 11.1 Å². The van der Waals surface area contributed by atoms with E-state index in [0.29, 0.717) is 16.2 Å². The molecule has 3 N–H and O–H groups in total. The molecule has 92 valence electrons. The molecule has 0 spiro atoms. The number of nitrogens with two attached hydrogens (primary N) is 1. The van der Waals surface area contributed by atoms with E-state index in [4.69, 9.17) is 23.8 Å². The molecule has 0 aliphatic carbocycles. The highest BCUT2D eigenvalue weighted by molar-refractivity contribution is 7.16. The quantitative estimate of drug-likeness (QED) is 0.847. The second kappa shape index (κ2) is 5.36. The summed E-state index contributed by atoms with van der Waals surface area (Å²) in [6.45, 7) is 0. The van der Waals surface area contributed by atoms with E-state index in [0.717, 1.165) is 4.70 Å². The topological polar surface area (TPSA) is 68.0 Å². The van der Waals surface area contributed by atoms with Crippen LogP contribution in [0, 0.1) is 12.3 Å². The average molecular weight is 280 g/mol. The molecule has 18 heavy (non-hydrogen) atoms. The van der Waals surface area contributed by atoms with Crippen molar-refractivity contribution in [1.29, 1.82) is 0 Å². The van der Waals surface area contributed by atoms with Gasteiger partial charge in [0, 0.05) is 6.42 Å². The number of benzene rings is 1. The number of nitrogens with zero attached hydrogens (tertiary/aromatic N) is 1. The normalized spacial score (nSPS) is 12.1. The lowest BCUT2D eigenvalue weighted by atomic mass is 10.2. The third-order valence-electron chi connectivity index (χ3n) is 2.37. The van der Waals surface area contributed by atoms with Crippen LogP contribution in [0.5, 0.6) is 0 Å². The second-order valence-electron chi connectivity index (χ2n) is 3.63. The van der Waals surface area contributed by atoms with Crippen LogP contribution in [-0.2, 0) is 4.79 Å². The predicted octanol–water partition coefficient (Wildman–Crippen LogP) is 2.24. The minimum absolute atomic E-state index is 0.177. The molecule has 0 bridgehead atoms. The zero-order valence-electron chi connectivity index (χ0n) is 9.31. The van der Waals surface area contributed by atoms with Gasteiger partial charge in [-0.25, -0.2) is 4.98 Å². The van der Waals surface area contributed by atoms with Crippen molar-refractivity contribution in [2.24, 2.45) is 5.73 Å². The molecule has 1 unspecified atom stereocenters. The van der Waals surface area contributed by atoms with Crippen LogP contribution in [0.1, 0.15) is 6.42 Å². The van der Waals surface area contributed by atoms with Crippen molar-refractivity contribution in [2.75, 3.05) is 5.32 Å². The Morgan fingerprint density at radius 2 is 2.44 bits per heavy atom. The Labute approximate surface area is 113 Å². The summed E-state index contributed by atoms with van der Waals surface area (Å²) in [6.07, 6.45) is 5.29. The maximum absolute atomic E-state index is 11.8. The molecule has 0 aliphatic rings. The van der Waals surface area contributed by atoms with Gasteiger partial charge in [0.2, 0.25) is 5.91 Å². The lowest BCUT2D eigenvalue weighted by molar-refractivity contribution is -0.117. The maximum Gasteiger partial charge on any atom is 0.242 e. The highest BCUT2D eigenvalue weighted by atomic mass is 35.5. The van der Waals surface area contributed by atoms with E-state index in [9.17, 15) is 4.79 Å². The molecule has 0 aliphatic heterocycles. The first-order chi connectivity index (χ1) is 8.63. The van der Waals surface area contributed by atoms with Crippen molar-refractivity contribution in [3.63, 3.8) is 0 Å². The molecule has 1 atom stereocenters. The van der Waals surface area contributed by atoms with Gasteiger partial charge in [-0.3, -0.25) is 4.79 Å². The monoisotopic (exact) mass is 279 g/mol. The van der Waals surface area contributed by atoms with Crippen LogP contribution < -0.4 is 11.1 Å². The van der Waals surface area contributed by atoms with Gasteiger partial charge in [0.1, 0.15) is 5.52 Å². The molecule has 1 aromatic carbocycles. The molecule has 4 nitrogen and oxygen atoms in total. The number of hydrogen-bond donors (Lipinski definition) is 2. The Morgan fingerprint density at radius 1 is 1.67 bits per heavy atom. The Hall–Kier alpha value is -1.61. The molecule has 0 saturated carbocycles. The van der Waals surface area contributed by atoms with E-state index in [1.54, 1.807) is 11.6 Å². The first-order valence-corrected chi connectivity index (χ1v) is 6.41. The molecule has 0 fully saturated rings. The van der Waals surface area contributed by atoms with Crippen molar-refractivity contribution < 1.29 is 4.79 Å². The summed E-state index contributed by atoms with van der Waals surface area (Å²) in [5.41, 5.74) is 8.46. The fourth-order valence-electron chi connectivity index (χ4n) is 1.46. The van der Waals surface area contributed by atoms with Crippen LogP contribution in [0.2, 0.25) is 5.02 Å². The van der Waals surface area contributed by atoms with Crippen molar-refractivity contribution >= 4 is 44.7 Å². The first-order valence-electron chi connectivity index (χ1n) is 5.15. The van der Waals surface area contributed by atoms with E-state index >= 15 is 0 Å². The van der Waals surface area contributed by atoms with Gasteiger partial charge in [0.25, 0.3) is 0 Å². The third-order valence-corrected chi connectivity index (χ3v) is 3.48. The van der Waals surface area contributed by atoms with Gasteiger partial charge in [-0.05, 0) is 12.1 Å². The number of carbonyl (C=O) groups excluding carboxylic acids is 1. The summed E-state index contributed by atoms with van der Waals surface area (Å²) in [7, 11) is 0. The van der Waals surface area contributed by atoms with Crippen molar-refractivity contribution in [1.82, 2.24) is 4.98 Å². The number of halogens is 1. The summed E-state index contributed by atoms with van der Waals surface area (Å²) in [5, 5.41) is 3.10. The highest BCUT2D eigenvalue weighted by Gasteiger charge is 2.16. The number of aromatic nitrogens is 1. The largest absolute Gasteiger partial charge is 0.322 e. The Balaban J connectivity index is 2.31. The average Bonchev–Trinajstić information content (AvgIpc) is 2.81. The van der Waals surface area contributed by atoms with Crippen LogP contribution in [0.15, 0.2) is 17.6 Å². The number of fused-ring (bicyclic) bond motifs is 1. The maximum atomic E-state index is 11.8. The second-order valence-corrected chi connectivity index (χ2v) is 4.92. The smallest absolute Gasteiger partial charge is 0.242 e. The van der Waals surface area contributed by atoms with E-state index in [1.165, 1.54) is 11.3 Å². The third kappa shape index (κ3) is 2.46. The Morgan fingerprint density at radius 3 is 3.17 bits per heavy atom. The van der Waals surface area contributed by atoms with E-state index in [-0.39, 0.29) is 12.3 Å². The van der Waals surface area contributed by atoms with Gasteiger partial charge in [0.05, 0.1) is 27.0 Å². The molecule has 1 amide bonds. The van der Waals surface area contributed by atoms with E-state index in [1.807, 2.05) is 6.07 Å². The minimum Gasteiger partial charge on any atom is -0.322 e. The summed E-state index contributed by atoms with van der Waals surface area (Å²) in [6, 6.07) is 2.82. The molecule has 6 heteroatoms. The van der Waals surface area contributed by atoms with Crippen LogP contribution in [0.4, 0.5) is 5.69 Å². The number of carbonyl (C=O) groups is 1. The summed E-state index contributed by atoms with van der Waals surface area (Å²) in [5.74, 6) is 1.98. The standard InChI is InChI=1S/C12H10ClN3OS/c1-2-3-8(14)12(17)16-10-7(13)4-5-9-11(10)15-6-18-9/h1,4-6,8H,3,14H2,(H,16,17). The summed E-state index contributed by atoms with van der Waals surface area (Å²) < 4.78 is 0.945. The van der Waals surface area contributed by atoms with Gasteiger partial charge in [0.15, 0.2) is 0 Å². The number of amides is 1. The fraction of sp³-hybridized carbons (Fsp3) is 0.167. The van der Waals surface area contributed by atoms with Crippen LogP contribution >= 0.6 is 22.9 Å². The number of thiazole rings is 1. The van der Waals surface area contributed by atoms with Crippen molar-refractivity contribution in [2.45, 2.75) is 12.5 Å². The summed E-state index contributed by atoms with van der Waals surface area (Å²) >= 11 is 7.53. The van der Waals surface area contributed by atoms with Crippen LogP contribution in [-0.4, -0.2) is 16.9 Å². The first kappa shape index (κ1) is 12.8. The van der Waals surface area contributed by atoms with Gasteiger partial charge in [-0.2, -0.15) is 0 Å². The fourth-order valence-corrected chi connectivity index (χ4v) is 2.35. The zero-order valence-corrected chi connectivity index (χ0v) is 10.9. The molecular formula is C12H10ClN3OS. The Kier molecular flexibility index (Phi) is 3.82. The molecule has 1 aromatic heterocycles. The number of hydrogen-bond acceptors (Lipinski definition) is 4. The Bertz CT molecular complexity index is 632. The molecule has 0 saturated heterocycles. The number of rotatable bonds is 3. The number of terminal acetylenes is 1. The molecule has 2 rings (SSSR count). The highest BCUT2D eigenvalue weighted by Crippen LogP contribution is 2.32. The van der Waals surface area contributed by atoms with Crippen molar-refractivity contribution in [3.8, 4) is 12.3 Å². The number of nitrogens with one attached hydrogen (secondary N) is 1. The zero-order chi connectivity index (χ0) is 13.1. The minimum atomic E-state index is -0.750. The van der Waals surface area contributed by atoms with Crippen molar-refractivity contribution in [3.05, 3.63) is 22.7 Å². The van der Waals surface area contributed by atoms with Gasteiger partial charge in [-0.15, -0.1) is 23.7 Å². The van der Waals surface area contributed by atoms with E-state index in [2.05, 4.69) is 16.2 Å². The lowest BCUT2D eigenvalue weighted by Crippen LogP contribution is -2.35. The van der Waals surface area contributed by atoms with Gasteiger partial charge in [-0.1, -0.05) is 11.6 Å². The molecule has 0 radical (unpaired) electrons. The van der Waals surface area contributed by atoms with E-state index < -0.39 is 6.04 Å². The summed E-state index contributed by atoms with van der Waals surface area (Å²) in [4.78, 5) is 16.0. The molecule has 1 heterocycles. The predicted molar refractivity (Wildman–Crippen MR) is 74.7 cm³/mol. The lowest BCUT2D eigenvalue weighted by Gasteiger charge is -2.11. The molecular weight excluding hydrogens is 270 g/mol. The number of anilines is 1. The van der Waals surface area contributed by atoms with Crippen LogP contribution in [0.25, 0.3) is 10.2 Å².